The highest BCUT2D eigenvalue weighted by Crippen LogP contribution is 2.17. The molecule has 0 aliphatic heterocycles. The number of hydrogen-bond donors (Lipinski definition) is 1. The van der Waals surface area contributed by atoms with E-state index in [4.69, 9.17) is 6.42 Å². The standard InChI is InChI=1S/C10H17N/c1-3-9(2)11-10-7-5-4-6-8-10/h1,9-11H,4-8H2,2H3/t9-/m0/s1. The Morgan fingerprint density at radius 2 is 2.00 bits per heavy atom. The van der Waals surface area contributed by atoms with Crippen LogP contribution < -0.4 is 5.32 Å². The molecule has 11 heavy (non-hydrogen) atoms. The Hall–Kier alpha value is -0.480. The van der Waals surface area contributed by atoms with Crippen molar-refractivity contribution in [3.63, 3.8) is 0 Å². The molecule has 1 nitrogen and oxygen atoms in total. The fourth-order valence-electron chi connectivity index (χ4n) is 1.67. The Labute approximate surface area is 69.6 Å². The normalized spacial score (nSPS) is 22.5. The molecule has 1 N–H and O–H groups in total. The summed E-state index contributed by atoms with van der Waals surface area (Å²) in [6.07, 6.45) is 12.0. The Kier molecular flexibility index (Phi) is 3.45. The van der Waals surface area contributed by atoms with Gasteiger partial charge in [-0.05, 0) is 19.8 Å². The minimum absolute atomic E-state index is 0.248. The Balaban J connectivity index is 2.20. The molecule has 0 saturated heterocycles. The Morgan fingerprint density at radius 1 is 1.36 bits per heavy atom. The van der Waals surface area contributed by atoms with Crippen LogP contribution in [0.3, 0.4) is 0 Å². The van der Waals surface area contributed by atoms with E-state index in [-0.39, 0.29) is 6.04 Å². The second-order valence-electron chi connectivity index (χ2n) is 3.39. The largest absolute Gasteiger partial charge is 0.301 e. The van der Waals surface area contributed by atoms with Crippen LogP contribution in [0.1, 0.15) is 39.0 Å². The lowest BCUT2D eigenvalue weighted by Gasteiger charge is -2.24. The number of nitrogens with one attached hydrogen (secondary N) is 1. The number of rotatable bonds is 2. The first kappa shape index (κ1) is 8.62. The van der Waals surface area contributed by atoms with E-state index in [0.29, 0.717) is 6.04 Å². The van der Waals surface area contributed by atoms with Gasteiger partial charge >= 0.3 is 0 Å². The van der Waals surface area contributed by atoms with Gasteiger partial charge in [0.2, 0.25) is 0 Å². The maximum Gasteiger partial charge on any atom is 0.0660 e. The maximum atomic E-state index is 5.28. The van der Waals surface area contributed by atoms with E-state index < -0.39 is 0 Å². The van der Waals surface area contributed by atoms with Crippen LogP contribution in [0.25, 0.3) is 0 Å². The lowest BCUT2D eigenvalue weighted by atomic mass is 9.95. The molecule has 0 radical (unpaired) electrons. The van der Waals surface area contributed by atoms with Gasteiger partial charge in [0.15, 0.2) is 0 Å². The summed E-state index contributed by atoms with van der Waals surface area (Å²) in [5.74, 6) is 2.70. The van der Waals surface area contributed by atoms with Gasteiger partial charge in [-0.3, -0.25) is 0 Å². The summed E-state index contributed by atoms with van der Waals surface area (Å²) in [7, 11) is 0. The van der Waals surface area contributed by atoms with Crippen molar-refractivity contribution >= 4 is 0 Å². The zero-order valence-electron chi connectivity index (χ0n) is 7.27. The van der Waals surface area contributed by atoms with Crippen LogP contribution in [-0.4, -0.2) is 12.1 Å². The SMILES string of the molecule is C#C[C@H](C)NC1CCCCC1. The summed E-state index contributed by atoms with van der Waals surface area (Å²) >= 11 is 0. The molecule has 0 aromatic rings. The highest BCUT2D eigenvalue weighted by Gasteiger charge is 2.13. The first-order valence-electron chi connectivity index (χ1n) is 4.55. The molecule has 0 spiro atoms. The minimum atomic E-state index is 0.248. The minimum Gasteiger partial charge on any atom is -0.301 e. The molecule has 0 aromatic heterocycles. The van der Waals surface area contributed by atoms with Gasteiger partial charge in [-0.2, -0.15) is 0 Å². The van der Waals surface area contributed by atoms with E-state index >= 15 is 0 Å². The van der Waals surface area contributed by atoms with Crippen LogP contribution >= 0.6 is 0 Å². The second kappa shape index (κ2) is 4.41. The van der Waals surface area contributed by atoms with Gasteiger partial charge in [-0.25, -0.2) is 0 Å². The third kappa shape index (κ3) is 2.95. The maximum absolute atomic E-state index is 5.28. The molecule has 0 unspecified atom stereocenters. The van der Waals surface area contributed by atoms with Crippen molar-refractivity contribution in [3.8, 4) is 12.3 Å². The topological polar surface area (TPSA) is 12.0 Å². The number of hydrogen-bond acceptors (Lipinski definition) is 1. The molecule has 0 heterocycles. The van der Waals surface area contributed by atoms with Crippen molar-refractivity contribution in [3.05, 3.63) is 0 Å². The van der Waals surface area contributed by atoms with E-state index in [2.05, 4.69) is 18.2 Å². The van der Waals surface area contributed by atoms with E-state index in [0.717, 1.165) is 0 Å². The van der Waals surface area contributed by atoms with E-state index in [1.165, 1.54) is 32.1 Å². The van der Waals surface area contributed by atoms with Crippen LogP contribution in [0.4, 0.5) is 0 Å². The van der Waals surface area contributed by atoms with Gasteiger partial charge in [0.1, 0.15) is 0 Å². The predicted octanol–water partition coefficient (Wildman–Crippen LogP) is 1.93. The molecule has 1 fully saturated rings. The third-order valence-electron chi connectivity index (χ3n) is 2.34. The first-order valence-corrected chi connectivity index (χ1v) is 4.55. The van der Waals surface area contributed by atoms with Gasteiger partial charge in [-0.15, -0.1) is 6.42 Å². The van der Waals surface area contributed by atoms with Gasteiger partial charge in [0.05, 0.1) is 6.04 Å². The monoisotopic (exact) mass is 151 g/mol. The molecule has 0 aromatic carbocycles. The predicted molar refractivity (Wildman–Crippen MR) is 48.3 cm³/mol. The third-order valence-corrected chi connectivity index (χ3v) is 2.34. The van der Waals surface area contributed by atoms with Crippen LogP contribution in [0.2, 0.25) is 0 Å². The summed E-state index contributed by atoms with van der Waals surface area (Å²) in [4.78, 5) is 0. The molecule has 1 aliphatic rings. The summed E-state index contributed by atoms with van der Waals surface area (Å²) < 4.78 is 0. The molecule has 1 heteroatoms. The van der Waals surface area contributed by atoms with Crippen LogP contribution in [0.5, 0.6) is 0 Å². The van der Waals surface area contributed by atoms with Crippen molar-refractivity contribution in [2.75, 3.05) is 0 Å². The van der Waals surface area contributed by atoms with Crippen LogP contribution in [0, 0.1) is 12.3 Å². The number of terminal acetylenes is 1. The van der Waals surface area contributed by atoms with Gasteiger partial charge in [0, 0.05) is 6.04 Å². The quantitative estimate of drug-likeness (QED) is 0.595. The molecule has 0 amide bonds. The Bertz CT molecular complexity index is 139. The molecular formula is C10H17N. The molecule has 1 rings (SSSR count). The van der Waals surface area contributed by atoms with Crippen molar-refractivity contribution in [2.24, 2.45) is 0 Å². The zero-order chi connectivity index (χ0) is 8.10. The lowest BCUT2D eigenvalue weighted by molar-refractivity contribution is 0.364. The zero-order valence-corrected chi connectivity index (χ0v) is 7.27. The van der Waals surface area contributed by atoms with Crippen molar-refractivity contribution in [1.29, 1.82) is 0 Å². The summed E-state index contributed by atoms with van der Waals surface area (Å²) in [5.41, 5.74) is 0. The average Bonchev–Trinajstić information content (AvgIpc) is 2.06. The summed E-state index contributed by atoms with van der Waals surface area (Å²) in [6, 6.07) is 0.938. The van der Waals surface area contributed by atoms with E-state index in [1.807, 2.05) is 0 Å². The highest BCUT2D eigenvalue weighted by molar-refractivity contribution is 4.97. The second-order valence-corrected chi connectivity index (χ2v) is 3.39. The summed E-state index contributed by atoms with van der Waals surface area (Å²) in [6.45, 7) is 2.05. The van der Waals surface area contributed by atoms with E-state index in [1.54, 1.807) is 0 Å². The molecule has 1 aliphatic carbocycles. The molecule has 0 bridgehead atoms. The van der Waals surface area contributed by atoms with Crippen molar-refractivity contribution in [2.45, 2.75) is 51.1 Å². The van der Waals surface area contributed by atoms with Gasteiger partial charge < -0.3 is 5.32 Å². The fourth-order valence-corrected chi connectivity index (χ4v) is 1.67. The fraction of sp³-hybridized carbons (Fsp3) is 0.800. The van der Waals surface area contributed by atoms with Crippen LogP contribution in [-0.2, 0) is 0 Å². The Morgan fingerprint density at radius 3 is 2.55 bits per heavy atom. The van der Waals surface area contributed by atoms with Crippen molar-refractivity contribution in [1.82, 2.24) is 5.32 Å². The van der Waals surface area contributed by atoms with Crippen molar-refractivity contribution < 1.29 is 0 Å². The molecular weight excluding hydrogens is 134 g/mol. The highest BCUT2D eigenvalue weighted by atomic mass is 14.9. The first-order chi connectivity index (χ1) is 5.33. The smallest absolute Gasteiger partial charge is 0.0660 e. The molecule has 1 atom stereocenters. The average molecular weight is 151 g/mol. The lowest BCUT2D eigenvalue weighted by Crippen LogP contribution is -2.36. The van der Waals surface area contributed by atoms with Gasteiger partial charge in [0.25, 0.3) is 0 Å². The molecule has 62 valence electrons. The van der Waals surface area contributed by atoms with Gasteiger partial charge in [-0.1, -0.05) is 25.2 Å². The summed E-state index contributed by atoms with van der Waals surface area (Å²) in [5, 5.41) is 3.43. The van der Waals surface area contributed by atoms with Crippen LogP contribution in [0.15, 0.2) is 0 Å². The molecule has 1 saturated carbocycles. The van der Waals surface area contributed by atoms with E-state index in [9.17, 15) is 0 Å².